The van der Waals surface area contributed by atoms with Gasteiger partial charge >= 0.3 is 0 Å². The summed E-state index contributed by atoms with van der Waals surface area (Å²) in [5, 5.41) is 13.4. The SMILES string of the molecule is CCC(CC)(CO)NC(=O)c1cc(C)nc2ccccc12. The second-order valence-electron chi connectivity index (χ2n) is 5.43. The maximum Gasteiger partial charge on any atom is 0.252 e. The molecule has 0 spiro atoms. The molecule has 4 heteroatoms. The van der Waals surface area contributed by atoms with Crippen molar-refractivity contribution in [3.63, 3.8) is 0 Å². The summed E-state index contributed by atoms with van der Waals surface area (Å²) in [6.07, 6.45) is 1.38. The number of hydrogen-bond acceptors (Lipinski definition) is 3. The van der Waals surface area contributed by atoms with Gasteiger partial charge in [0.15, 0.2) is 0 Å². The number of aryl methyl sites for hydroxylation is 1. The van der Waals surface area contributed by atoms with Crippen molar-refractivity contribution in [2.24, 2.45) is 0 Å². The topological polar surface area (TPSA) is 62.2 Å². The van der Waals surface area contributed by atoms with Crippen molar-refractivity contribution < 1.29 is 9.90 Å². The average molecular weight is 286 g/mol. The number of para-hydroxylation sites is 1. The van der Waals surface area contributed by atoms with E-state index in [2.05, 4.69) is 10.3 Å². The van der Waals surface area contributed by atoms with Crippen LogP contribution in [-0.4, -0.2) is 28.1 Å². The van der Waals surface area contributed by atoms with E-state index in [0.717, 1.165) is 16.6 Å². The molecule has 0 saturated carbocycles. The minimum absolute atomic E-state index is 0.0618. The van der Waals surface area contributed by atoms with Crippen LogP contribution in [0.4, 0.5) is 0 Å². The largest absolute Gasteiger partial charge is 0.394 e. The molecule has 0 aliphatic carbocycles. The molecule has 112 valence electrons. The highest BCUT2D eigenvalue weighted by molar-refractivity contribution is 6.06. The molecular formula is C17H22N2O2. The second kappa shape index (κ2) is 6.22. The lowest BCUT2D eigenvalue weighted by molar-refractivity contribution is 0.0819. The van der Waals surface area contributed by atoms with Gasteiger partial charge in [0.05, 0.1) is 23.2 Å². The number of nitrogens with one attached hydrogen (secondary N) is 1. The molecule has 0 aliphatic heterocycles. The first-order chi connectivity index (χ1) is 10.0. The number of hydrogen-bond donors (Lipinski definition) is 2. The number of pyridine rings is 1. The number of aliphatic hydroxyl groups excluding tert-OH is 1. The Morgan fingerprint density at radius 2 is 1.95 bits per heavy atom. The van der Waals surface area contributed by atoms with Gasteiger partial charge in [0.2, 0.25) is 0 Å². The van der Waals surface area contributed by atoms with Gasteiger partial charge in [0.25, 0.3) is 5.91 Å². The predicted octanol–water partition coefficient (Wildman–Crippen LogP) is 2.82. The maximum absolute atomic E-state index is 12.7. The van der Waals surface area contributed by atoms with Gasteiger partial charge < -0.3 is 10.4 Å². The number of benzene rings is 1. The van der Waals surface area contributed by atoms with Crippen molar-refractivity contribution in [1.82, 2.24) is 10.3 Å². The molecule has 0 bridgehead atoms. The molecule has 1 aromatic heterocycles. The predicted molar refractivity (Wildman–Crippen MR) is 84.3 cm³/mol. The fourth-order valence-corrected chi connectivity index (χ4v) is 2.49. The Balaban J connectivity index is 2.44. The van der Waals surface area contributed by atoms with Gasteiger partial charge in [-0.15, -0.1) is 0 Å². The third-order valence-electron chi connectivity index (χ3n) is 4.12. The third-order valence-corrected chi connectivity index (χ3v) is 4.12. The monoisotopic (exact) mass is 286 g/mol. The molecule has 0 unspecified atom stereocenters. The van der Waals surface area contributed by atoms with Gasteiger partial charge in [-0.3, -0.25) is 9.78 Å². The average Bonchev–Trinajstić information content (AvgIpc) is 2.51. The maximum atomic E-state index is 12.7. The summed E-state index contributed by atoms with van der Waals surface area (Å²) in [4.78, 5) is 17.1. The first-order valence-electron chi connectivity index (χ1n) is 7.35. The fourth-order valence-electron chi connectivity index (χ4n) is 2.49. The van der Waals surface area contributed by atoms with Crippen molar-refractivity contribution in [2.75, 3.05) is 6.61 Å². The highest BCUT2D eigenvalue weighted by Crippen LogP contribution is 2.21. The van der Waals surface area contributed by atoms with Crippen LogP contribution in [0.1, 0.15) is 42.7 Å². The number of aliphatic hydroxyl groups is 1. The Morgan fingerprint density at radius 3 is 2.57 bits per heavy atom. The van der Waals surface area contributed by atoms with E-state index in [0.29, 0.717) is 18.4 Å². The number of nitrogens with zero attached hydrogens (tertiary/aromatic N) is 1. The number of rotatable bonds is 5. The zero-order chi connectivity index (χ0) is 15.5. The Kier molecular flexibility index (Phi) is 4.58. The normalized spacial score (nSPS) is 11.6. The lowest BCUT2D eigenvalue weighted by atomic mass is 9.93. The highest BCUT2D eigenvalue weighted by atomic mass is 16.3. The summed E-state index contributed by atoms with van der Waals surface area (Å²) in [6.45, 7) is 5.75. The smallest absolute Gasteiger partial charge is 0.252 e. The Hall–Kier alpha value is -1.94. The van der Waals surface area contributed by atoms with Gasteiger partial charge in [-0.1, -0.05) is 32.0 Å². The number of aromatic nitrogens is 1. The Morgan fingerprint density at radius 1 is 1.29 bits per heavy atom. The van der Waals surface area contributed by atoms with Crippen molar-refractivity contribution in [2.45, 2.75) is 39.2 Å². The van der Waals surface area contributed by atoms with E-state index >= 15 is 0 Å². The van der Waals surface area contributed by atoms with E-state index in [4.69, 9.17) is 0 Å². The molecule has 0 radical (unpaired) electrons. The van der Waals surface area contributed by atoms with Crippen LogP contribution in [0.2, 0.25) is 0 Å². The summed E-state index contributed by atoms with van der Waals surface area (Å²) >= 11 is 0. The molecule has 2 N–H and O–H groups in total. The first-order valence-corrected chi connectivity index (χ1v) is 7.35. The zero-order valence-corrected chi connectivity index (χ0v) is 12.8. The molecule has 21 heavy (non-hydrogen) atoms. The molecule has 0 aliphatic rings. The highest BCUT2D eigenvalue weighted by Gasteiger charge is 2.28. The molecule has 2 rings (SSSR count). The van der Waals surface area contributed by atoms with E-state index in [1.54, 1.807) is 6.07 Å². The Bertz CT molecular complexity index is 640. The lowest BCUT2D eigenvalue weighted by Gasteiger charge is -2.31. The van der Waals surface area contributed by atoms with Crippen LogP contribution in [0.3, 0.4) is 0 Å². The minimum atomic E-state index is -0.560. The van der Waals surface area contributed by atoms with Crippen molar-refractivity contribution in [3.05, 3.63) is 41.6 Å². The molecule has 1 heterocycles. The molecular weight excluding hydrogens is 264 g/mol. The van der Waals surface area contributed by atoms with Gasteiger partial charge in [-0.25, -0.2) is 0 Å². The molecule has 1 aromatic carbocycles. The van der Waals surface area contributed by atoms with Crippen LogP contribution in [0.25, 0.3) is 10.9 Å². The first kappa shape index (κ1) is 15.4. The van der Waals surface area contributed by atoms with Gasteiger partial charge in [0.1, 0.15) is 0 Å². The van der Waals surface area contributed by atoms with E-state index in [1.807, 2.05) is 45.0 Å². The van der Waals surface area contributed by atoms with Crippen LogP contribution in [0.15, 0.2) is 30.3 Å². The summed E-state index contributed by atoms with van der Waals surface area (Å²) in [5.41, 5.74) is 1.67. The van der Waals surface area contributed by atoms with E-state index in [-0.39, 0.29) is 12.5 Å². The second-order valence-corrected chi connectivity index (χ2v) is 5.43. The molecule has 2 aromatic rings. The molecule has 1 amide bonds. The third kappa shape index (κ3) is 3.05. The lowest BCUT2D eigenvalue weighted by Crippen LogP contribution is -2.50. The van der Waals surface area contributed by atoms with Crippen molar-refractivity contribution in [3.8, 4) is 0 Å². The number of carbonyl (C=O) groups excluding carboxylic acids is 1. The zero-order valence-electron chi connectivity index (χ0n) is 12.8. The molecule has 4 nitrogen and oxygen atoms in total. The standard InChI is InChI=1S/C17H22N2O2/c1-4-17(5-2,11-20)19-16(21)14-10-12(3)18-15-9-7-6-8-13(14)15/h6-10,20H,4-5,11H2,1-3H3,(H,19,21). The number of carbonyl (C=O) groups is 1. The summed E-state index contributed by atoms with van der Waals surface area (Å²) < 4.78 is 0. The minimum Gasteiger partial charge on any atom is -0.394 e. The number of amides is 1. The van der Waals surface area contributed by atoms with Gasteiger partial charge in [-0.05, 0) is 31.9 Å². The molecule has 0 saturated heterocycles. The van der Waals surface area contributed by atoms with Crippen LogP contribution in [0.5, 0.6) is 0 Å². The van der Waals surface area contributed by atoms with Crippen LogP contribution >= 0.6 is 0 Å². The van der Waals surface area contributed by atoms with E-state index in [9.17, 15) is 9.90 Å². The van der Waals surface area contributed by atoms with Crippen LogP contribution < -0.4 is 5.32 Å². The quantitative estimate of drug-likeness (QED) is 0.888. The van der Waals surface area contributed by atoms with Crippen molar-refractivity contribution >= 4 is 16.8 Å². The summed E-state index contributed by atoms with van der Waals surface area (Å²) in [7, 11) is 0. The van der Waals surface area contributed by atoms with Gasteiger partial charge in [0, 0.05) is 11.1 Å². The molecule has 0 atom stereocenters. The van der Waals surface area contributed by atoms with Crippen LogP contribution in [0, 0.1) is 6.92 Å². The number of fused-ring (bicyclic) bond motifs is 1. The Labute approximate surface area is 125 Å². The fraction of sp³-hybridized carbons (Fsp3) is 0.412. The van der Waals surface area contributed by atoms with Gasteiger partial charge in [-0.2, -0.15) is 0 Å². The van der Waals surface area contributed by atoms with E-state index in [1.165, 1.54) is 0 Å². The van der Waals surface area contributed by atoms with Crippen LogP contribution in [-0.2, 0) is 0 Å². The summed E-state index contributed by atoms with van der Waals surface area (Å²) in [6, 6.07) is 9.40. The van der Waals surface area contributed by atoms with E-state index < -0.39 is 5.54 Å². The summed E-state index contributed by atoms with van der Waals surface area (Å²) in [5.74, 6) is -0.158. The molecule has 0 fully saturated rings. The van der Waals surface area contributed by atoms with Crippen molar-refractivity contribution in [1.29, 1.82) is 0 Å².